The van der Waals surface area contributed by atoms with E-state index in [1.165, 1.54) is 17.2 Å². The molecule has 0 spiro atoms. The second-order valence-electron chi connectivity index (χ2n) is 9.10. The van der Waals surface area contributed by atoms with E-state index in [0.29, 0.717) is 35.6 Å². The highest BCUT2D eigenvalue weighted by Gasteiger charge is 2.27. The highest BCUT2D eigenvalue weighted by molar-refractivity contribution is 6.10. The van der Waals surface area contributed by atoms with Gasteiger partial charge < -0.3 is 21.3 Å². The van der Waals surface area contributed by atoms with Crippen molar-refractivity contribution in [2.45, 2.75) is 0 Å². The van der Waals surface area contributed by atoms with Gasteiger partial charge in [-0.05, 0) is 30.3 Å². The first-order valence-corrected chi connectivity index (χ1v) is 12.4. The van der Waals surface area contributed by atoms with Gasteiger partial charge in [0.2, 0.25) is 0 Å². The van der Waals surface area contributed by atoms with Crippen molar-refractivity contribution in [3.05, 3.63) is 83.3 Å². The van der Waals surface area contributed by atoms with Crippen LogP contribution in [-0.4, -0.2) is 64.8 Å². The Morgan fingerprint density at radius 1 is 1.15 bits per heavy atom. The number of nitrogens with zero attached hydrogens (tertiary/aromatic N) is 7. The fourth-order valence-corrected chi connectivity index (χ4v) is 4.77. The third-order valence-electron chi connectivity index (χ3n) is 6.77. The number of benzene rings is 1. The van der Waals surface area contributed by atoms with Crippen molar-refractivity contribution in [1.29, 1.82) is 5.26 Å². The van der Waals surface area contributed by atoms with Gasteiger partial charge in [0, 0.05) is 80.3 Å². The normalized spacial score (nSPS) is 14.2. The maximum atomic E-state index is 14.1. The maximum Gasteiger partial charge on any atom is 0.259 e. The summed E-state index contributed by atoms with van der Waals surface area (Å²) in [5, 5.41) is 14.0. The minimum atomic E-state index is -0.876. The zero-order valence-electron chi connectivity index (χ0n) is 21.6. The van der Waals surface area contributed by atoms with Crippen LogP contribution in [0.15, 0.2) is 60.0 Å². The summed E-state index contributed by atoms with van der Waals surface area (Å²) < 4.78 is 29.7. The predicted molar refractivity (Wildman–Crippen MR) is 149 cm³/mol. The summed E-state index contributed by atoms with van der Waals surface area (Å²) in [5.41, 5.74) is 14.9. The fraction of sp³-hybridized carbons (Fsp3) is 0.179. The van der Waals surface area contributed by atoms with Gasteiger partial charge in [0.1, 0.15) is 34.6 Å². The number of piperazine rings is 1. The van der Waals surface area contributed by atoms with Crippen molar-refractivity contribution in [3.63, 3.8) is 0 Å². The standard InChI is InChI=1S/C28H25F2N9O/c1-34-14-19(12-31)18-11-20(26-21(13-32)27(33)36-39(26)16-18)17-5-6-24(35-15-17)37-7-9-38(10-8-37)28(40)25-22(29)3-2-4-23(25)30/h2-6,11-12,14-16H,7-10,31H2,1H3,(H2,33,36). The van der Waals surface area contributed by atoms with Crippen molar-refractivity contribution in [1.82, 2.24) is 19.5 Å². The van der Waals surface area contributed by atoms with Crippen LogP contribution in [0.5, 0.6) is 0 Å². The van der Waals surface area contributed by atoms with Crippen LogP contribution in [0.25, 0.3) is 22.2 Å². The zero-order chi connectivity index (χ0) is 28.4. The summed E-state index contributed by atoms with van der Waals surface area (Å²) >= 11 is 0. The molecule has 202 valence electrons. The first-order valence-electron chi connectivity index (χ1n) is 12.4. The molecular weight excluding hydrogens is 516 g/mol. The number of amides is 1. The monoisotopic (exact) mass is 541 g/mol. The molecule has 1 saturated heterocycles. The Morgan fingerprint density at radius 2 is 1.88 bits per heavy atom. The topological polar surface area (TPSA) is 142 Å². The fourth-order valence-electron chi connectivity index (χ4n) is 4.77. The van der Waals surface area contributed by atoms with Crippen LogP contribution in [0, 0.1) is 23.0 Å². The summed E-state index contributed by atoms with van der Waals surface area (Å²) in [5.74, 6) is -1.64. The number of hydrogen-bond donors (Lipinski definition) is 2. The number of carbonyl (C=O) groups is 1. The van der Waals surface area contributed by atoms with Gasteiger partial charge in [0.05, 0.1) is 5.52 Å². The molecule has 40 heavy (non-hydrogen) atoms. The molecule has 0 unspecified atom stereocenters. The SMILES string of the molecule is CN=CC(=CN)c1cc(-c2ccc(N3CCN(C(=O)c4c(F)cccc4F)CC3)nc2)c2c(C#N)c(N)nn2c1. The minimum absolute atomic E-state index is 0.107. The number of aromatic nitrogens is 3. The van der Waals surface area contributed by atoms with Crippen molar-refractivity contribution in [2.75, 3.05) is 43.9 Å². The molecule has 4 N–H and O–H groups in total. The summed E-state index contributed by atoms with van der Waals surface area (Å²) in [6, 6.07) is 11.1. The van der Waals surface area contributed by atoms with Gasteiger partial charge in [-0.25, -0.2) is 18.3 Å². The Balaban J connectivity index is 1.41. The van der Waals surface area contributed by atoms with E-state index in [1.807, 2.05) is 23.1 Å². The van der Waals surface area contributed by atoms with Gasteiger partial charge in [-0.2, -0.15) is 5.26 Å². The summed E-state index contributed by atoms with van der Waals surface area (Å²) in [4.78, 5) is 24.8. The molecular formula is C28H25F2N9O. The van der Waals surface area contributed by atoms with Crippen LogP contribution in [0.3, 0.4) is 0 Å². The number of rotatable bonds is 5. The summed E-state index contributed by atoms with van der Waals surface area (Å²) in [7, 11) is 1.64. The number of nitrogens with two attached hydrogens (primary N) is 2. The van der Waals surface area contributed by atoms with E-state index in [9.17, 15) is 18.8 Å². The lowest BCUT2D eigenvalue weighted by atomic mass is 10.0. The van der Waals surface area contributed by atoms with Crippen molar-refractivity contribution >= 4 is 34.8 Å². The Bertz CT molecular complexity index is 1680. The van der Waals surface area contributed by atoms with E-state index in [4.69, 9.17) is 11.5 Å². The Morgan fingerprint density at radius 3 is 2.48 bits per heavy atom. The average Bonchev–Trinajstić information content (AvgIpc) is 3.30. The van der Waals surface area contributed by atoms with Crippen LogP contribution in [0.4, 0.5) is 20.4 Å². The van der Waals surface area contributed by atoms with Crippen molar-refractivity contribution < 1.29 is 13.6 Å². The molecule has 0 atom stereocenters. The predicted octanol–water partition coefficient (Wildman–Crippen LogP) is 3.09. The first kappa shape index (κ1) is 26.3. The number of fused-ring (bicyclic) bond motifs is 1. The minimum Gasteiger partial charge on any atom is -0.404 e. The number of pyridine rings is 2. The number of allylic oxidation sites excluding steroid dienone is 1. The van der Waals surface area contributed by atoms with Crippen molar-refractivity contribution in [3.8, 4) is 17.2 Å². The molecule has 1 aliphatic rings. The second-order valence-corrected chi connectivity index (χ2v) is 9.10. The number of halogens is 2. The lowest BCUT2D eigenvalue weighted by Gasteiger charge is -2.35. The molecule has 1 aromatic carbocycles. The number of carbonyl (C=O) groups excluding carboxylic acids is 1. The summed E-state index contributed by atoms with van der Waals surface area (Å²) in [6.07, 6.45) is 6.47. The van der Waals surface area contributed by atoms with Gasteiger partial charge >= 0.3 is 0 Å². The molecule has 1 fully saturated rings. The molecule has 10 nitrogen and oxygen atoms in total. The number of aliphatic imine (C=N–C) groups is 1. The number of anilines is 2. The van der Waals surface area contributed by atoms with Gasteiger partial charge in [-0.15, -0.1) is 5.10 Å². The highest BCUT2D eigenvalue weighted by Crippen LogP contribution is 2.32. The molecule has 1 aliphatic heterocycles. The van der Waals surface area contributed by atoms with Gasteiger partial charge in [-0.1, -0.05) is 6.07 Å². The molecule has 0 bridgehead atoms. The van der Waals surface area contributed by atoms with E-state index in [1.54, 1.807) is 30.2 Å². The van der Waals surface area contributed by atoms with Crippen LogP contribution >= 0.6 is 0 Å². The third kappa shape index (κ3) is 4.69. The maximum absolute atomic E-state index is 14.1. The smallest absolute Gasteiger partial charge is 0.259 e. The molecule has 5 rings (SSSR count). The Hall–Kier alpha value is -5.31. The number of hydrogen-bond acceptors (Lipinski definition) is 8. The lowest BCUT2D eigenvalue weighted by Crippen LogP contribution is -2.49. The third-order valence-corrected chi connectivity index (χ3v) is 6.77. The largest absolute Gasteiger partial charge is 0.404 e. The van der Waals surface area contributed by atoms with Crippen LogP contribution in [-0.2, 0) is 0 Å². The van der Waals surface area contributed by atoms with Crippen LogP contribution in [0.2, 0.25) is 0 Å². The molecule has 0 saturated carbocycles. The highest BCUT2D eigenvalue weighted by atomic mass is 19.1. The second kappa shape index (κ2) is 10.8. The molecule has 3 aromatic heterocycles. The number of nitrogen functional groups attached to an aromatic ring is 1. The number of nitriles is 1. The Kier molecular flexibility index (Phi) is 7.11. The van der Waals surface area contributed by atoms with E-state index in [0.717, 1.165) is 23.3 Å². The van der Waals surface area contributed by atoms with Crippen LogP contribution < -0.4 is 16.4 Å². The van der Waals surface area contributed by atoms with Gasteiger partial charge in [-0.3, -0.25) is 9.79 Å². The van der Waals surface area contributed by atoms with Gasteiger partial charge in [0.25, 0.3) is 5.91 Å². The lowest BCUT2D eigenvalue weighted by molar-refractivity contribution is 0.0736. The first-order chi connectivity index (χ1) is 19.4. The molecule has 1 amide bonds. The molecule has 0 radical (unpaired) electrons. The average molecular weight is 542 g/mol. The van der Waals surface area contributed by atoms with E-state index < -0.39 is 23.1 Å². The molecule has 4 aromatic rings. The van der Waals surface area contributed by atoms with E-state index in [2.05, 4.69) is 21.1 Å². The molecule has 0 aliphatic carbocycles. The summed E-state index contributed by atoms with van der Waals surface area (Å²) in [6.45, 7) is 1.44. The van der Waals surface area contributed by atoms with Crippen LogP contribution in [0.1, 0.15) is 21.5 Å². The van der Waals surface area contributed by atoms with E-state index in [-0.39, 0.29) is 24.5 Å². The zero-order valence-corrected chi connectivity index (χ0v) is 21.6. The van der Waals surface area contributed by atoms with Gasteiger partial charge in [0.15, 0.2) is 5.82 Å². The van der Waals surface area contributed by atoms with Crippen molar-refractivity contribution in [2.24, 2.45) is 10.7 Å². The quantitative estimate of drug-likeness (QED) is 0.370. The van der Waals surface area contributed by atoms with E-state index >= 15 is 0 Å². The molecule has 12 heteroatoms. The molecule has 4 heterocycles. The Labute approximate surface area is 228 Å².